The number of nitrogens with one attached hydrogen (secondary N) is 5. The van der Waals surface area contributed by atoms with E-state index in [1.165, 1.54) is 21.0 Å². The number of rotatable bonds is 10. The maximum Gasteiger partial charge on any atom is 1.00 e. The molecule has 0 atom stereocenters. The summed E-state index contributed by atoms with van der Waals surface area (Å²) in [6.07, 6.45) is 18.3. The van der Waals surface area contributed by atoms with Crippen molar-refractivity contribution in [1.82, 2.24) is 26.6 Å². The number of methoxy groups -OCH3 is 1. The van der Waals surface area contributed by atoms with Crippen molar-refractivity contribution in [2.24, 2.45) is 29.6 Å². The Kier molecular flexibility index (Phi) is 35.5. The van der Waals surface area contributed by atoms with E-state index in [1.54, 1.807) is 0 Å². The van der Waals surface area contributed by atoms with E-state index in [9.17, 15) is 48.6 Å². The zero-order valence-electron chi connectivity index (χ0n) is 73.7. The molecule has 19 nitrogen and oxygen atoms in total. The summed E-state index contributed by atoms with van der Waals surface area (Å²) in [5.41, 5.74) is 14.2. The van der Waals surface area contributed by atoms with Gasteiger partial charge in [-0.3, -0.25) is 33.6 Å². The van der Waals surface area contributed by atoms with Crippen molar-refractivity contribution < 1.29 is 127 Å². The molecule has 5 saturated carbocycles. The molecule has 0 radical (unpaired) electrons. The molecular weight excluding hydrogens is 1510 g/mol. The fraction of sp³-hybridized carbons (Fsp3) is 0.526. The number of hydrogen-bond acceptors (Lipinski definition) is 14. The van der Waals surface area contributed by atoms with E-state index >= 15 is 0 Å². The molecule has 4 heterocycles. The average molecular weight is 1640 g/mol. The molecule has 5 aromatic rings. The maximum atomic E-state index is 12.8. The average Bonchev–Trinajstić information content (AvgIpc) is 1.68. The smallest absolute Gasteiger partial charge is 0.509 e. The number of benzene rings is 5. The van der Waals surface area contributed by atoms with Crippen molar-refractivity contribution in [2.45, 2.75) is 288 Å². The first-order valence-corrected chi connectivity index (χ1v) is 41.6. The minimum absolute atomic E-state index is 0. The van der Waals surface area contributed by atoms with Gasteiger partial charge in [-0.2, -0.15) is 0 Å². The van der Waals surface area contributed by atoms with Crippen LogP contribution in [0.4, 0.5) is 0 Å². The largest absolute Gasteiger partial charge is 1.00 e. The third kappa shape index (κ3) is 22.7. The van der Waals surface area contributed by atoms with Crippen molar-refractivity contribution in [3.8, 4) is 0 Å². The van der Waals surface area contributed by atoms with Crippen molar-refractivity contribution in [1.29, 1.82) is 0 Å². The molecule has 5 fully saturated rings. The van der Waals surface area contributed by atoms with Crippen LogP contribution in [0, 0.1) is 98.8 Å². The predicted molar refractivity (Wildman–Crippen MR) is 459 cm³/mol. The molecule has 21 heteroatoms. The van der Waals surface area contributed by atoms with Gasteiger partial charge in [0.05, 0.1) is 58.0 Å². The third-order valence-electron chi connectivity index (χ3n) is 25.6. The SMILES string of the molecule is C.CC(=O)OC1=C(c2cc(C)ccc2C)C(=O)NC12CCC(C)CC2.CC(=O)OC1=C(c2cc(C)ccc2C)C(=O)NC12CCC(C)CC2.CO.COC(=O)C1(NC(=O)Cc2cc(C)ccc2C)CCC(C)CC1.Cc1ccc(C)c(C2=C(O)C3(CCC(C)CC3)NC2=O)c1.Cc1ccc(C)c(C2=C(O)C3(CCC(C)CC3)NC2=O)c1.[Na+].[Na+]. The molecule has 9 aliphatic rings. The fourth-order valence-corrected chi connectivity index (χ4v) is 18.1. The zero-order chi connectivity index (χ0) is 84.4. The monoisotopic (exact) mass is 1640 g/mol. The molecule has 8 N–H and O–H groups in total. The van der Waals surface area contributed by atoms with E-state index in [0.29, 0.717) is 82.7 Å². The summed E-state index contributed by atoms with van der Waals surface area (Å²) in [6, 6.07) is 30.2. The first-order valence-electron chi connectivity index (χ1n) is 41.6. The molecule has 4 aliphatic heterocycles. The van der Waals surface area contributed by atoms with Crippen LogP contribution in [0.25, 0.3) is 22.3 Å². The second-order valence-corrected chi connectivity index (χ2v) is 35.1. The van der Waals surface area contributed by atoms with Crippen molar-refractivity contribution in [3.63, 3.8) is 0 Å². The topological polar surface area (TPSA) is 285 Å². The fourth-order valence-electron chi connectivity index (χ4n) is 18.1. The molecule has 5 aliphatic carbocycles. The maximum absolute atomic E-state index is 12.8. The van der Waals surface area contributed by atoms with E-state index in [0.717, 1.165) is 206 Å². The summed E-state index contributed by atoms with van der Waals surface area (Å²) in [4.78, 5) is 98.9. The van der Waals surface area contributed by atoms with Crippen molar-refractivity contribution in [3.05, 3.63) is 197 Å². The molecule has 4 spiro atoms. The van der Waals surface area contributed by atoms with E-state index in [4.69, 9.17) is 19.3 Å². The third-order valence-corrected chi connectivity index (χ3v) is 25.6. The van der Waals surface area contributed by atoms with Gasteiger partial charge in [0, 0.05) is 21.0 Å². The predicted octanol–water partition coefficient (Wildman–Crippen LogP) is 12.0. The molecule has 0 bridgehead atoms. The van der Waals surface area contributed by atoms with Crippen LogP contribution in [0.2, 0.25) is 0 Å². The molecule has 118 heavy (non-hydrogen) atoms. The molecule has 5 amide bonds. The summed E-state index contributed by atoms with van der Waals surface area (Å²) >= 11 is 0. The molecule has 14 rings (SSSR count). The van der Waals surface area contributed by atoms with Crippen molar-refractivity contribution >= 4 is 69.7 Å². The molecule has 628 valence electrons. The van der Waals surface area contributed by atoms with Crippen molar-refractivity contribution in [2.75, 3.05) is 14.2 Å². The minimum Gasteiger partial charge on any atom is -0.509 e. The van der Waals surface area contributed by atoms with Crippen LogP contribution in [0.1, 0.15) is 268 Å². The number of amides is 5. The minimum atomic E-state index is -0.851. The molecule has 0 aromatic heterocycles. The van der Waals surface area contributed by atoms with Gasteiger partial charge in [-0.1, -0.05) is 161 Å². The van der Waals surface area contributed by atoms with Gasteiger partial charge < -0.3 is 56.1 Å². The van der Waals surface area contributed by atoms with Gasteiger partial charge in [-0.25, -0.2) is 4.79 Å². The summed E-state index contributed by atoms with van der Waals surface area (Å²) in [5, 5.41) is 44.0. The quantitative estimate of drug-likeness (QED) is 0.0367. The Morgan fingerprint density at radius 2 is 0.636 bits per heavy atom. The van der Waals surface area contributed by atoms with Gasteiger partial charge in [0.25, 0.3) is 23.6 Å². The molecule has 0 unspecified atom stereocenters. The van der Waals surface area contributed by atoms with Crippen LogP contribution >= 0.6 is 0 Å². The van der Waals surface area contributed by atoms with E-state index in [-0.39, 0.29) is 126 Å². The molecular formula is C97H131N5Na2O14+2. The van der Waals surface area contributed by atoms with Gasteiger partial charge in [-0.05, 0) is 283 Å². The number of aliphatic hydroxyl groups is 3. The number of carbonyl (C=O) groups excluding carboxylic acids is 8. The number of aryl methyl sites for hydroxylation is 10. The number of hydrogen-bond donors (Lipinski definition) is 8. The summed E-state index contributed by atoms with van der Waals surface area (Å²) in [7, 11) is 2.39. The Hall–Kier alpha value is -7.62. The van der Waals surface area contributed by atoms with E-state index in [1.807, 2.05) is 160 Å². The van der Waals surface area contributed by atoms with Crippen LogP contribution in [-0.2, 0) is 59.0 Å². The van der Waals surface area contributed by atoms with Crippen LogP contribution in [-0.4, -0.2) is 105 Å². The van der Waals surface area contributed by atoms with E-state index in [2.05, 4.69) is 61.2 Å². The summed E-state index contributed by atoms with van der Waals surface area (Å²) < 4.78 is 16.2. The Morgan fingerprint density at radius 1 is 0.390 bits per heavy atom. The summed E-state index contributed by atoms with van der Waals surface area (Å²) in [5.74, 6) is 3.07. The summed E-state index contributed by atoms with van der Waals surface area (Å²) in [6.45, 7) is 33.8. The second kappa shape index (κ2) is 42.3. The molecule has 5 aromatic carbocycles. The van der Waals surface area contributed by atoms with Gasteiger partial charge in [0.2, 0.25) is 5.91 Å². The van der Waals surface area contributed by atoms with Crippen LogP contribution in [0.15, 0.2) is 114 Å². The van der Waals surface area contributed by atoms with Gasteiger partial charge >= 0.3 is 77.0 Å². The van der Waals surface area contributed by atoms with Crippen LogP contribution in [0.3, 0.4) is 0 Å². The van der Waals surface area contributed by atoms with E-state index < -0.39 is 27.7 Å². The Morgan fingerprint density at radius 3 is 0.924 bits per heavy atom. The normalized spacial score (nSPS) is 25.9. The number of aliphatic hydroxyl groups excluding tert-OH is 3. The number of carbonyl (C=O) groups is 8. The Balaban J connectivity index is 0.000000226. The number of esters is 3. The van der Waals surface area contributed by atoms with Gasteiger partial charge in [-0.15, -0.1) is 0 Å². The Bertz CT molecular complexity index is 4400. The van der Waals surface area contributed by atoms with Crippen LogP contribution < -0.4 is 85.7 Å². The standard InChI is InChI=1S/2C20H25NO3.C19H27NO3.2C18H23NO2.CH4O.CH4.2Na/c2*1-12-7-9-20(10-8-12)18(24-15(4)22)17(19(23)21-20)16-11-13(2)5-6-14(16)3;1-13-7-9-19(10-8-13,18(22)23-4)20-17(21)12-16-11-14(2)5-6-15(16)3;2*1-11-6-8-18(9-7-11)16(20)15(17(21)19-18)14-10-12(2)4-5-13(14)3;1-2;;;/h2*5-6,11-12H,7-10H2,1-4H3,(H,21,23);5-6,11,13H,7-10,12H2,1-4H3,(H,20,21);2*4-5,10-11,20H,6-9H2,1-3H3,(H,19,21);2H,1H3;1H4;;/q;;;;;;;2*+1. The van der Waals surface area contributed by atoms with Gasteiger partial charge in [0.15, 0.2) is 0 Å². The first-order chi connectivity index (χ1) is 54.4. The van der Waals surface area contributed by atoms with Gasteiger partial charge in [0.1, 0.15) is 28.6 Å². The zero-order valence-corrected chi connectivity index (χ0v) is 77.7. The second-order valence-electron chi connectivity index (χ2n) is 35.1. The first kappa shape index (κ1) is 99.2. The molecule has 0 saturated heterocycles. The number of ether oxygens (including phenoxy) is 3. The Labute approximate surface area is 746 Å². The van der Waals surface area contributed by atoms with Crippen LogP contribution in [0.5, 0.6) is 0 Å².